The van der Waals surface area contributed by atoms with Gasteiger partial charge in [-0.25, -0.2) is 9.78 Å². The monoisotopic (exact) mass is 455 g/mol. The highest BCUT2D eigenvalue weighted by atomic mass is 33.1. The number of rotatable bonds is 14. The minimum Gasteiger partial charge on any atom is -0.380 e. The second-order valence-electron chi connectivity index (χ2n) is 6.29. The summed E-state index contributed by atoms with van der Waals surface area (Å²) in [4.78, 5) is 55.0. The molecule has 1 N–H and O–H groups in total. The normalized spacial score (nSPS) is 13.5. The van der Waals surface area contributed by atoms with Crippen molar-refractivity contribution in [1.82, 2.24) is 15.4 Å². The number of nitrogens with one attached hydrogen (secondary N) is 1. The molecule has 0 atom stereocenters. The summed E-state index contributed by atoms with van der Waals surface area (Å²) in [6.07, 6.45) is 3.58. The minimum atomic E-state index is -0.607. The molecule has 0 saturated carbocycles. The lowest BCUT2D eigenvalue weighted by atomic mass is 10.2. The van der Waals surface area contributed by atoms with Crippen molar-refractivity contribution in [2.24, 2.45) is 0 Å². The SMILES string of the molecule is O=C(CCSSc1ccccn1)NCCOCCCCC(=O)ON1C(=O)CCC1=O. The second-order valence-corrected chi connectivity index (χ2v) is 8.72. The van der Waals surface area contributed by atoms with Crippen molar-refractivity contribution in [2.75, 3.05) is 25.5 Å². The van der Waals surface area contributed by atoms with Crippen LogP contribution in [0.5, 0.6) is 0 Å². The molecular formula is C19H25N3O6S2. The van der Waals surface area contributed by atoms with E-state index in [-0.39, 0.29) is 25.2 Å². The maximum Gasteiger partial charge on any atom is 0.333 e. The smallest absolute Gasteiger partial charge is 0.333 e. The average Bonchev–Trinajstić information content (AvgIpc) is 3.06. The molecule has 1 aromatic rings. The third kappa shape index (κ3) is 9.59. The number of ether oxygens (including phenoxy) is 1. The molecule has 9 nitrogen and oxygen atoms in total. The van der Waals surface area contributed by atoms with Gasteiger partial charge in [0.05, 0.1) is 6.61 Å². The fraction of sp³-hybridized carbons (Fsp3) is 0.526. The molecule has 2 rings (SSSR count). The van der Waals surface area contributed by atoms with Crippen LogP contribution in [0.4, 0.5) is 0 Å². The number of hydroxylamine groups is 2. The third-order valence-corrected chi connectivity index (χ3v) is 6.15. The molecule has 2 heterocycles. The number of unbranched alkanes of at least 4 members (excludes halogenated alkanes) is 1. The van der Waals surface area contributed by atoms with E-state index in [4.69, 9.17) is 9.57 Å². The van der Waals surface area contributed by atoms with Crippen molar-refractivity contribution in [3.8, 4) is 0 Å². The Morgan fingerprint density at radius 1 is 1.10 bits per heavy atom. The Morgan fingerprint density at radius 2 is 1.90 bits per heavy atom. The predicted molar refractivity (Wildman–Crippen MR) is 112 cm³/mol. The summed E-state index contributed by atoms with van der Waals surface area (Å²) in [6, 6.07) is 5.71. The van der Waals surface area contributed by atoms with Gasteiger partial charge in [-0.3, -0.25) is 14.4 Å². The fourth-order valence-electron chi connectivity index (χ4n) is 2.36. The van der Waals surface area contributed by atoms with E-state index in [1.54, 1.807) is 27.8 Å². The number of imide groups is 1. The van der Waals surface area contributed by atoms with E-state index in [0.717, 1.165) is 5.03 Å². The Hall–Kier alpha value is -2.11. The first-order valence-corrected chi connectivity index (χ1v) is 12.0. The van der Waals surface area contributed by atoms with E-state index in [9.17, 15) is 19.2 Å². The highest BCUT2D eigenvalue weighted by molar-refractivity contribution is 8.76. The number of carbonyl (C=O) groups is 4. The van der Waals surface area contributed by atoms with Gasteiger partial charge in [0.1, 0.15) is 5.03 Å². The van der Waals surface area contributed by atoms with Crippen LogP contribution in [0.25, 0.3) is 0 Å². The molecule has 3 amide bonds. The predicted octanol–water partition coefficient (Wildman–Crippen LogP) is 2.12. The molecule has 1 aromatic heterocycles. The first-order chi connectivity index (χ1) is 14.6. The zero-order valence-corrected chi connectivity index (χ0v) is 18.2. The Kier molecular flexibility index (Phi) is 11.3. The lowest BCUT2D eigenvalue weighted by Crippen LogP contribution is -2.32. The first kappa shape index (κ1) is 24.2. The maximum absolute atomic E-state index is 11.7. The fourth-order valence-corrected chi connectivity index (χ4v) is 4.23. The molecule has 1 saturated heterocycles. The molecule has 0 radical (unpaired) electrons. The van der Waals surface area contributed by atoms with Gasteiger partial charge in [-0.1, -0.05) is 16.9 Å². The van der Waals surface area contributed by atoms with Crippen molar-refractivity contribution in [3.63, 3.8) is 0 Å². The van der Waals surface area contributed by atoms with Gasteiger partial charge in [0.15, 0.2) is 0 Å². The summed E-state index contributed by atoms with van der Waals surface area (Å²) in [7, 11) is 3.13. The molecule has 1 aliphatic heterocycles. The number of hydrogen-bond acceptors (Lipinski definition) is 9. The van der Waals surface area contributed by atoms with Gasteiger partial charge < -0.3 is 14.9 Å². The van der Waals surface area contributed by atoms with Crippen LogP contribution in [0, 0.1) is 0 Å². The molecule has 11 heteroatoms. The lowest BCUT2D eigenvalue weighted by molar-refractivity contribution is -0.197. The number of amides is 3. The second kappa shape index (κ2) is 14.0. The quantitative estimate of drug-likeness (QED) is 0.256. The van der Waals surface area contributed by atoms with Crippen LogP contribution in [0.2, 0.25) is 0 Å². The first-order valence-electron chi connectivity index (χ1n) is 9.68. The highest BCUT2D eigenvalue weighted by Gasteiger charge is 2.32. The molecular weight excluding hydrogens is 430 g/mol. The number of aromatic nitrogens is 1. The topological polar surface area (TPSA) is 115 Å². The number of hydrogen-bond donors (Lipinski definition) is 1. The van der Waals surface area contributed by atoms with E-state index in [2.05, 4.69) is 10.3 Å². The third-order valence-electron chi connectivity index (χ3n) is 3.88. The van der Waals surface area contributed by atoms with E-state index in [1.165, 1.54) is 0 Å². The van der Waals surface area contributed by atoms with E-state index < -0.39 is 17.8 Å². The Balaban J connectivity index is 1.38. The van der Waals surface area contributed by atoms with Crippen molar-refractivity contribution in [1.29, 1.82) is 0 Å². The van der Waals surface area contributed by atoms with Gasteiger partial charge in [-0.15, -0.1) is 5.06 Å². The Morgan fingerprint density at radius 3 is 2.63 bits per heavy atom. The Bertz CT molecular complexity index is 703. The molecule has 0 unspecified atom stereocenters. The van der Waals surface area contributed by atoms with Gasteiger partial charge in [0, 0.05) is 50.8 Å². The molecule has 0 aromatic carbocycles. The van der Waals surface area contributed by atoms with E-state index in [0.29, 0.717) is 49.8 Å². The number of pyridine rings is 1. The number of carbonyl (C=O) groups excluding carboxylic acids is 4. The van der Waals surface area contributed by atoms with Crippen LogP contribution < -0.4 is 5.32 Å². The van der Waals surface area contributed by atoms with E-state index >= 15 is 0 Å². The highest BCUT2D eigenvalue weighted by Crippen LogP contribution is 2.29. The van der Waals surface area contributed by atoms with Crippen molar-refractivity contribution < 1.29 is 28.8 Å². The molecule has 0 spiro atoms. The van der Waals surface area contributed by atoms with Crippen LogP contribution in [-0.2, 0) is 28.8 Å². The van der Waals surface area contributed by atoms with Crippen LogP contribution in [0.1, 0.15) is 38.5 Å². The van der Waals surface area contributed by atoms with Crippen molar-refractivity contribution >= 4 is 45.3 Å². The summed E-state index contributed by atoms with van der Waals surface area (Å²) < 4.78 is 5.41. The standard InChI is InChI=1S/C19H25N3O6S2/c23-15(9-14-29-30-16-5-1-3-10-21-16)20-11-13-27-12-4-2-6-19(26)28-22-17(24)7-8-18(22)25/h1,3,5,10H,2,4,6-9,11-14H2,(H,20,23). The van der Waals surface area contributed by atoms with Gasteiger partial charge in [0.25, 0.3) is 11.8 Å². The zero-order chi connectivity index (χ0) is 21.6. The van der Waals surface area contributed by atoms with Gasteiger partial charge in [-0.2, -0.15) is 0 Å². The van der Waals surface area contributed by atoms with Gasteiger partial charge in [0.2, 0.25) is 5.91 Å². The molecule has 30 heavy (non-hydrogen) atoms. The van der Waals surface area contributed by atoms with Crippen LogP contribution in [0.3, 0.4) is 0 Å². The average molecular weight is 456 g/mol. The zero-order valence-electron chi connectivity index (χ0n) is 16.5. The molecule has 0 aliphatic carbocycles. The Labute approximate surface area is 183 Å². The summed E-state index contributed by atoms with van der Waals surface area (Å²) in [5.74, 6) is -0.904. The molecule has 1 aliphatic rings. The minimum absolute atomic E-state index is 0.0264. The van der Waals surface area contributed by atoms with Gasteiger partial charge >= 0.3 is 5.97 Å². The largest absolute Gasteiger partial charge is 0.380 e. The summed E-state index contributed by atoms with van der Waals surface area (Å²) in [5, 5.41) is 4.27. The van der Waals surface area contributed by atoms with Gasteiger partial charge in [-0.05, 0) is 35.8 Å². The van der Waals surface area contributed by atoms with Crippen molar-refractivity contribution in [2.45, 2.75) is 43.6 Å². The molecule has 0 bridgehead atoms. The summed E-state index contributed by atoms with van der Waals surface area (Å²) >= 11 is 0. The van der Waals surface area contributed by atoms with Crippen LogP contribution in [-0.4, -0.2) is 59.2 Å². The number of nitrogens with zero attached hydrogens (tertiary/aromatic N) is 2. The van der Waals surface area contributed by atoms with Crippen LogP contribution >= 0.6 is 21.6 Å². The maximum atomic E-state index is 11.7. The van der Waals surface area contributed by atoms with Crippen molar-refractivity contribution in [3.05, 3.63) is 24.4 Å². The summed E-state index contributed by atoms with van der Waals surface area (Å²) in [6.45, 7) is 1.27. The van der Waals surface area contributed by atoms with E-state index in [1.807, 2.05) is 18.2 Å². The summed E-state index contributed by atoms with van der Waals surface area (Å²) in [5.41, 5.74) is 0. The molecule has 1 fully saturated rings. The molecule has 164 valence electrons. The van der Waals surface area contributed by atoms with Crippen LogP contribution in [0.15, 0.2) is 29.4 Å². The lowest BCUT2D eigenvalue weighted by Gasteiger charge is -2.12.